The Bertz CT molecular complexity index is 964. The van der Waals surface area contributed by atoms with E-state index >= 15 is 0 Å². The average Bonchev–Trinajstić information content (AvgIpc) is 2.67. The van der Waals surface area contributed by atoms with Crippen LogP contribution < -0.4 is 4.74 Å². The van der Waals surface area contributed by atoms with Gasteiger partial charge in [-0.15, -0.1) is 11.8 Å². The van der Waals surface area contributed by atoms with Crippen LogP contribution in [-0.2, 0) is 14.8 Å². The number of carbonyl (C=O) groups is 1. The van der Waals surface area contributed by atoms with Crippen LogP contribution in [0.5, 0.6) is 5.75 Å². The molecular formula is C21H26BrNO5S2. The van der Waals surface area contributed by atoms with Gasteiger partial charge in [0, 0.05) is 27.7 Å². The Morgan fingerprint density at radius 3 is 2.47 bits per heavy atom. The van der Waals surface area contributed by atoms with Gasteiger partial charge in [0.1, 0.15) is 5.75 Å². The van der Waals surface area contributed by atoms with Crippen LogP contribution in [0.25, 0.3) is 0 Å². The molecule has 0 aromatic heterocycles. The molecule has 2 aromatic carbocycles. The SMILES string of the molecule is CCCN(C[C@@H](C)Sc1ccc(OCC(=O)O)c(C)c1)S(=O)(=O)c1ccc(Br)cc1. The van der Waals surface area contributed by atoms with Gasteiger partial charge >= 0.3 is 5.97 Å². The van der Waals surface area contributed by atoms with Crippen LogP contribution in [0.15, 0.2) is 56.7 Å². The third kappa shape index (κ3) is 7.01. The Morgan fingerprint density at radius 1 is 1.23 bits per heavy atom. The molecule has 0 spiro atoms. The van der Waals surface area contributed by atoms with Crippen molar-refractivity contribution in [1.82, 2.24) is 4.31 Å². The van der Waals surface area contributed by atoms with Crippen LogP contribution >= 0.6 is 27.7 Å². The minimum absolute atomic E-state index is 0.0203. The molecule has 0 aliphatic rings. The van der Waals surface area contributed by atoms with Gasteiger partial charge in [-0.1, -0.05) is 29.8 Å². The summed E-state index contributed by atoms with van der Waals surface area (Å²) in [4.78, 5) is 11.9. The summed E-state index contributed by atoms with van der Waals surface area (Å²) in [5.41, 5.74) is 0.835. The number of aryl methyl sites for hydroxylation is 1. The van der Waals surface area contributed by atoms with Crippen LogP contribution in [0.4, 0.5) is 0 Å². The van der Waals surface area contributed by atoms with E-state index in [1.165, 1.54) is 4.31 Å². The Balaban J connectivity index is 2.09. The molecule has 0 aliphatic carbocycles. The minimum atomic E-state index is -3.57. The van der Waals surface area contributed by atoms with Gasteiger partial charge in [-0.05, 0) is 61.4 Å². The molecule has 0 fully saturated rings. The molecule has 30 heavy (non-hydrogen) atoms. The number of aliphatic carboxylic acids is 1. The van der Waals surface area contributed by atoms with Crippen LogP contribution in [-0.4, -0.2) is 48.7 Å². The smallest absolute Gasteiger partial charge is 0.341 e. The number of benzene rings is 2. The number of thioether (sulfide) groups is 1. The van der Waals surface area contributed by atoms with Gasteiger partial charge in [0.15, 0.2) is 6.61 Å². The van der Waals surface area contributed by atoms with E-state index in [4.69, 9.17) is 9.84 Å². The monoisotopic (exact) mass is 515 g/mol. The highest BCUT2D eigenvalue weighted by molar-refractivity contribution is 9.10. The molecule has 0 radical (unpaired) electrons. The number of halogens is 1. The molecule has 0 bridgehead atoms. The van der Waals surface area contributed by atoms with Crippen LogP contribution in [0.2, 0.25) is 0 Å². The van der Waals surface area contributed by atoms with E-state index < -0.39 is 16.0 Å². The lowest BCUT2D eigenvalue weighted by Gasteiger charge is -2.25. The number of hydrogen-bond acceptors (Lipinski definition) is 5. The Labute approximate surface area is 190 Å². The van der Waals surface area contributed by atoms with Crippen LogP contribution in [0.3, 0.4) is 0 Å². The molecule has 164 valence electrons. The number of carboxylic acids is 1. The normalized spacial score (nSPS) is 12.7. The average molecular weight is 516 g/mol. The number of rotatable bonds is 11. The summed E-state index contributed by atoms with van der Waals surface area (Å²) in [7, 11) is -3.57. The molecule has 1 N–H and O–H groups in total. The maximum absolute atomic E-state index is 13.1. The van der Waals surface area contributed by atoms with Crippen molar-refractivity contribution in [1.29, 1.82) is 0 Å². The first kappa shape index (κ1) is 24.7. The fourth-order valence-corrected chi connectivity index (χ4v) is 5.96. The van der Waals surface area contributed by atoms with Crippen molar-refractivity contribution >= 4 is 43.7 Å². The molecule has 0 saturated heterocycles. The predicted molar refractivity (Wildman–Crippen MR) is 123 cm³/mol. The number of sulfonamides is 1. The lowest BCUT2D eigenvalue weighted by molar-refractivity contribution is -0.139. The molecule has 9 heteroatoms. The van der Waals surface area contributed by atoms with Crippen molar-refractivity contribution in [3.8, 4) is 5.75 Å². The van der Waals surface area contributed by atoms with Crippen LogP contribution in [0, 0.1) is 6.92 Å². The topological polar surface area (TPSA) is 83.9 Å². The Hall–Kier alpha value is -1.55. The van der Waals surface area contributed by atoms with E-state index in [9.17, 15) is 13.2 Å². The highest BCUT2D eigenvalue weighted by Crippen LogP contribution is 2.30. The number of nitrogens with zero attached hydrogens (tertiary/aromatic N) is 1. The van der Waals surface area contributed by atoms with E-state index in [0.717, 1.165) is 21.4 Å². The van der Waals surface area contributed by atoms with Crippen molar-refractivity contribution in [3.05, 3.63) is 52.5 Å². The lowest BCUT2D eigenvalue weighted by Crippen LogP contribution is -2.36. The summed E-state index contributed by atoms with van der Waals surface area (Å²) in [6.45, 7) is 6.25. The first-order valence-corrected chi connectivity index (χ1v) is 12.6. The van der Waals surface area contributed by atoms with Gasteiger partial charge < -0.3 is 9.84 Å². The van der Waals surface area contributed by atoms with Crippen molar-refractivity contribution in [2.24, 2.45) is 0 Å². The first-order valence-electron chi connectivity index (χ1n) is 9.51. The fraction of sp³-hybridized carbons (Fsp3) is 0.381. The Morgan fingerprint density at radius 2 is 1.90 bits per heavy atom. The van der Waals surface area contributed by atoms with Gasteiger partial charge in [-0.25, -0.2) is 13.2 Å². The van der Waals surface area contributed by atoms with Gasteiger partial charge in [-0.2, -0.15) is 4.31 Å². The highest BCUT2D eigenvalue weighted by atomic mass is 79.9. The van der Waals surface area contributed by atoms with E-state index in [0.29, 0.717) is 18.8 Å². The third-order valence-electron chi connectivity index (χ3n) is 4.22. The molecular weight excluding hydrogens is 490 g/mol. The molecule has 0 saturated carbocycles. The summed E-state index contributed by atoms with van der Waals surface area (Å²) in [6, 6.07) is 12.2. The third-order valence-corrected chi connectivity index (χ3v) is 7.71. The molecule has 6 nitrogen and oxygen atoms in total. The zero-order valence-corrected chi connectivity index (χ0v) is 20.4. The largest absolute Gasteiger partial charge is 0.482 e. The van der Waals surface area contributed by atoms with Gasteiger partial charge in [-0.3, -0.25) is 0 Å². The first-order chi connectivity index (χ1) is 14.1. The summed E-state index contributed by atoms with van der Waals surface area (Å²) < 4.78 is 33.8. The molecule has 2 aromatic rings. The van der Waals surface area contributed by atoms with Crippen molar-refractivity contribution in [3.63, 3.8) is 0 Å². The molecule has 0 aliphatic heterocycles. The molecule has 2 rings (SSSR count). The van der Waals surface area contributed by atoms with Crippen molar-refractivity contribution < 1.29 is 23.1 Å². The second-order valence-corrected chi connectivity index (χ2v) is 11.2. The minimum Gasteiger partial charge on any atom is -0.482 e. The number of carboxylic acid groups (broad SMARTS) is 1. The molecule has 0 amide bonds. The van der Waals surface area contributed by atoms with Gasteiger partial charge in [0.2, 0.25) is 10.0 Å². The summed E-state index contributed by atoms with van der Waals surface area (Å²) in [5.74, 6) is -0.496. The molecule has 0 heterocycles. The van der Waals surface area contributed by atoms with E-state index in [1.54, 1.807) is 42.1 Å². The molecule has 1 atom stereocenters. The van der Waals surface area contributed by atoms with E-state index in [1.807, 2.05) is 32.9 Å². The van der Waals surface area contributed by atoms with Gasteiger partial charge in [0.25, 0.3) is 0 Å². The van der Waals surface area contributed by atoms with E-state index in [2.05, 4.69) is 15.9 Å². The maximum atomic E-state index is 13.1. The quantitative estimate of drug-likeness (QED) is 0.432. The fourth-order valence-electron chi connectivity index (χ4n) is 2.87. The number of hydrogen-bond donors (Lipinski definition) is 1. The lowest BCUT2D eigenvalue weighted by atomic mass is 10.2. The zero-order chi connectivity index (χ0) is 22.3. The van der Waals surface area contributed by atoms with Crippen molar-refractivity contribution in [2.75, 3.05) is 19.7 Å². The van der Waals surface area contributed by atoms with Crippen molar-refractivity contribution in [2.45, 2.75) is 42.2 Å². The van der Waals surface area contributed by atoms with E-state index in [-0.39, 0.29) is 16.8 Å². The Kier molecular flexibility index (Phi) is 9.21. The highest BCUT2D eigenvalue weighted by Gasteiger charge is 2.25. The summed E-state index contributed by atoms with van der Waals surface area (Å²) >= 11 is 4.91. The maximum Gasteiger partial charge on any atom is 0.341 e. The molecule has 0 unspecified atom stereocenters. The second kappa shape index (κ2) is 11.2. The zero-order valence-electron chi connectivity index (χ0n) is 17.2. The number of ether oxygens (including phenoxy) is 1. The standard InChI is InChI=1S/C21H26BrNO5S2/c1-4-11-23(30(26,27)19-8-5-17(22)6-9-19)13-16(3)29-18-7-10-20(15(2)12-18)28-14-21(24)25/h5-10,12,16H,4,11,13-14H2,1-3H3,(H,24,25)/t16-/m1/s1. The van der Waals surface area contributed by atoms with Gasteiger partial charge in [0.05, 0.1) is 4.90 Å². The summed E-state index contributed by atoms with van der Waals surface area (Å²) in [6.07, 6.45) is 0.724. The summed E-state index contributed by atoms with van der Waals surface area (Å²) in [5, 5.41) is 8.76. The predicted octanol–water partition coefficient (Wildman–Crippen LogP) is 4.80. The van der Waals surface area contributed by atoms with Crippen LogP contribution in [0.1, 0.15) is 25.8 Å². The second-order valence-electron chi connectivity index (χ2n) is 6.86.